The van der Waals surface area contributed by atoms with E-state index >= 15 is 0 Å². The van der Waals surface area contributed by atoms with Gasteiger partial charge in [0.15, 0.2) is 0 Å². The fourth-order valence-corrected chi connectivity index (χ4v) is 0.783. The van der Waals surface area contributed by atoms with Crippen molar-refractivity contribution in [1.82, 2.24) is 5.32 Å². The molecule has 1 aliphatic carbocycles. The molecule has 8 heavy (non-hydrogen) atoms. The van der Waals surface area contributed by atoms with Gasteiger partial charge in [0.25, 0.3) is 0 Å². The van der Waals surface area contributed by atoms with Crippen molar-refractivity contribution in [2.24, 2.45) is 0 Å². The SMILES string of the molecule is O=CC1(NC=S)CC1. The third-order valence-electron chi connectivity index (χ3n) is 1.36. The number of thiocarbonyl (C=S) groups is 1. The van der Waals surface area contributed by atoms with Gasteiger partial charge in [-0.2, -0.15) is 0 Å². The highest BCUT2D eigenvalue weighted by atomic mass is 32.1. The van der Waals surface area contributed by atoms with E-state index in [1.807, 2.05) is 0 Å². The van der Waals surface area contributed by atoms with Crippen LogP contribution < -0.4 is 5.32 Å². The Bertz CT molecular complexity index is 120. The zero-order valence-corrected chi connectivity index (χ0v) is 5.20. The lowest BCUT2D eigenvalue weighted by Crippen LogP contribution is -2.30. The number of aldehydes is 1. The number of rotatable bonds is 3. The van der Waals surface area contributed by atoms with Crippen molar-refractivity contribution in [3.8, 4) is 0 Å². The lowest BCUT2D eigenvalue weighted by atomic mass is 10.3. The predicted molar refractivity (Wildman–Crippen MR) is 34.8 cm³/mol. The Kier molecular flexibility index (Phi) is 1.29. The molecule has 0 spiro atoms. The van der Waals surface area contributed by atoms with E-state index in [-0.39, 0.29) is 5.54 Å². The maximum atomic E-state index is 10.2. The monoisotopic (exact) mass is 129 g/mol. The van der Waals surface area contributed by atoms with Crippen LogP contribution in [0.5, 0.6) is 0 Å². The minimum atomic E-state index is -0.248. The van der Waals surface area contributed by atoms with E-state index in [9.17, 15) is 4.79 Å². The molecule has 0 aromatic heterocycles. The summed E-state index contributed by atoms with van der Waals surface area (Å²) in [6.45, 7) is 0. The second kappa shape index (κ2) is 1.82. The third-order valence-corrected chi connectivity index (χ3v) is 1.48. The van der Waals surface area contributed by atoms with Crippen LogP contribution in [0.3, 0.4) is 0 Å². The molecule has 0 atom stereocenters. The Morgan fingerprint density at radius 3 is 2.38 bits per heavy atom. The van der Waals surface area contributed by atoms with Crippen LogP contribution in [-0.4, -0.2) is 17.3 Å². The average molecular weight is 129 g/mol. The number of carbonyl (C=O) groups excluding carboxylic acids is 1. The Morgan fingerprint density at radius 1 is 1.62 bits per heavy atom. The molecule has 1 N–H and O–H groups in total. The van der Waals surface area contributed by atoms with Crippen LogP contribution in [0.25, 0.3) is 0 Å². The Morgan fingerprint density at radius 2 is 2.25 bits per heavy atom. The summed E-state index contributed by atoms with van der Waals surface area (Å²) in [7, 11) is 0. The molecule has 1 saturated carbocycles. The second-order valence-electron chi connectivity index (χ2n) is 2.04. The topological polar surface area (TPSA) is 29.1 Å². The molecule has 44 valence electrons. The molecule has 2 nitrogen and oxygen atoms in total. The Balaban J connectivity index is 2.40. The van der Waals surface area contributed by atoms with Gasteiger partial charge in [-0.15, -0.1) is 0 Å². The summed E-state index contributed by atoms with van der Waals surface area (Å²) in [5, 5.41) is 2.80. The first-order valence-corrected chi connectivity index (χ1v) is 2.98. The third kappa shape index (κ3) is 0.865. The van der Waals surface area contributed by atoms with E-state index in [0.29, 0.717) is 0 Å². The highest BCUT2D eigenvalue weighted by molar-refractivity contribution is 7.78. The number of hydrogen-bond donors (Lipinski definition) is 1. The van der Waals surface area contributed by atoms with Crippen molar-refractivity contribution in [3.63, 3.8) is 0 Å². The van der Waals surface area contributed by atoms with Crippen LogP contribution in [0.15, 0.2) is 0 Å². The van der Waals surface area contributed by atoms with E-state index in [1.165, 1.54) is 5.49 Å². The zero-order chi connectivity index (χ0) is 6.04. The van der Waals surface area contributed by atoms with Crippen molar-refractivity contribution < 1.29 is 4.79 Å². The first-order valence-electron chi connectivity index (χ1n) is 2.51. The first kappa shape index (κ1) is 5.69. The number of nitrogens with one attached hydrogen (secondary N) is 1. The van der Waals surface area contributed by atoms with Gasteiger partial charge in [0, 0.05) is 0 Å². The summed E-state index contributed by atoms with van der Waals surface area (Å²) < 4.78 is 0. The molecule has 1 fully saturated rings. The smallest absolute Gasteiger partial charge is 0.145 e. The summed E-state index contributed by atoms with van der Waals surface area (Å²) in [6, 6.07) is 0. The molecule has 1 aliphatic rings. The molecule has 0 heterocycles. The van der Waals surface area contributed by atoms with E-state index in [0.717, 1.165) is 19.1 Å². The minimum Gasteiger partial charge on any atom is -0.370 e. The summed E-state index contributed by atoms with van der Waals surface area (Å²) in [6.07, 6.45) is 2.79. The van der Waals surface area contributed by atoms with Crippen LogP contribution in [0.1, 0.15) is 12.8 Å². The fourth-order valence-electron chi connectivity index (χ4n) is 0.548. The number of carbonyl (C=O) groups is 1. The molecule has 0 saturated heterocycles. The normalized spacial score (nSPS) is 21.5. The molecular weight excluding hydrogens is 122 g/mol. The second-order valence-corrected chi connectivity index (χ2v) is 2.27. The summed E-state index contributed by atoms with van der Waals surface area (Å²) in [4.78, 5) is 10.2. The lowest BCUT2D eigenvalue weighted by molar-refractivity contribution is -0.110. The largest absolute Gasteiger partial charge is 0.370 e. The summed E-state index contributed by atoms with van der Waals surface area (Å²) >= 11 is 4.51. The zero-order valence-electron chi connectivity index (χ0n) is 4.39. The van der Waals surface area contributed by atoms with Gasteiger partial charge in [-0.1, -0.05) is 12.2 Å². The first-order chi connectivity index (χ1) is 3.83. The predicted octanol–water partition coefficient (Wildman–Crippen LogP) is 0.265. The molecule has 3 heteroatoms. The fraction of sp³-hybridized carbons (Fsp3) is 0.600. The Hall–Kier alpha value is -0.440. The van der Waals surface area contributed by atoms with Gasteiger partial charge in [-0.3, -0.25) is 0 Å². The van der Waals surface area contributed by atoms with Crippen molar-refractivity contribution in [3.05, 3.63) is 0 Å². The van der Waals surface area contributed by atoms with Gasteiger partial charge in [0.1, 0.15) is 6.29 Å². The highest BCUT2D eigenvalue weighted by Gasteiger charge is 2.41. The maximum absolute atomic E-state index is 10.2. The minimum absolute atomic E-state index is 0.248. The molecule has 0 aliphatic heterocycles. The highest BCUT2D eigenvalue weighted by Crippen LogP contribution is 2.31. The molecule has 0 radical (unpaired) electrons. The van der Waals surface area contributed by atoms with E-state index in [1.54, 1.807) is 0 Å². The van der Waals surface area contributed by atoms with Gasteiger partial charge < -0.3 is 10.1 Å². The standard InChI is InChI=1S/C5H7NOS/c7-3-5(1-2-5)6-4-8/h3-4H,1-2H2,(H,6,8). The quantitative estimate of drug-likeness (QED) is 0.438. The van der Waals surface area contributed by atoms with Gasteiger partial charge >= 0.3 is 0 Å². The molecule has 0 aromatic rings. The van der Waals surface area contributed by atoms with Crippen LogP contribution in [-0.2, 0) is 4.79 Å². The number of hydrogen-bond acceptors (Lipinski definition) is 2. The van der Waals surface area contributed by atoms with Crippen molar-refractivity contribution in [2.45, 2.75) is 18.4 Å². The van der Waals surface area contributed by atoms with Gasteiger partial charge in [-0.05, 0) is 12.8 Å². The molecule has 0 unspecified atom stereocenters. The van der Waals surface area contributed by atoms with Crippen LogP contribution in [0.4, 0.5) is 0 Å². The van der Waals surface area contributed by atoms with E-state index in [4.69, 9.17) is 0 Å². The van der Waals surface area contributed by atoms with Gasteiger partial charge in [0.05, 0.1) is 11.0 Å². The summed E-state index contributed by atoms with van der Waals surface area (Å²) in [5.74, 6) is 0. The van der Waals surface area contributed by atoms with Gasteiger partial charge in [-0.25, -0.2) is 0 Å². The molecule has 0 amide bonds. The maximum Gasteiger partial charge on any atom is 0.145 e. The van der Waals surface area contributed by atoms with Crippen molar-refractivity contribution in [1.29, 1.82) is 0 Å². The van der Waals surface area contributed by atoms with Crippen molar-refractivity contribution in [2.75, 3.05) is 0 Å². The van der Waals surface area contributed by atoms with Gasteiger partial charge in [0.2, 0.25) is 0 Å². The van der Waals surface area contributed by atoms with E-state index < -0.39 is 0 Å². The van der Waals surface area contributed by atoms with E-state index in [2.05, 4.69) is 17.5 Å². The molecule has 0 aromatic carbocycles. The molecule has 1 rings (SSSR count). The average Bonchev–Trinajstić information content (AvgIpc) is 2.50. The summed E-state index contributed by atoms with van der Waals surface area (Å²) in [5.41, 5.74) is 1.16. The van der Waals surface area contributed by atoms with Crippen LogP contribution in [0.2, 0.25) is 0 Å². The van der Waals surface area contributed by atoms with Crippen LogP contribution >= 0.6 is 12.2 Å². The lowest BCUT2D eigenvalue weighted by Gasteiger charge is -2.02. The van der Waals surface area contributed by atoms with Crippen LogP contribution in [0, 0.1) is 0 Å². The Labute approximate surface area is 53.3 Å². The molecule has 0 bridgehead atoms. The molecular formula is C5H7NOS. The van der Waals surface area contributed by atoms with Crippen molar-refractivity contribution >= 4 is 24.0 Å².